The lowest BCUT2D eigenvalue weighted by atomic mass is 10.3. The van der Waals surface area contributed by atoms with Gasteiger partial charge in [0.25, 0.3) is 0 Å². The van der Waals surface area contributed by atoms with Gasteiger partial charge in [0.05, 0.1) is 15.7 Å². The topological polar surface area (TPSA) is 41.9 Å². The minimum Gasteiger partial charge on any atom is -0.331 e. The van der Waals surface area contributed by atoms with Crippen LogP contribution >= 0.6 is 35.4 Å². The zero-order valence-electron chi connectivity index (χ0n) is 10.2. The molecular weight excluding hydrogens is 303 g/mol. The van der Waals surface area contributed by atoms with Crippen LogP contribution in [0.25, 0.3) is 0 Å². The van der Waals surface area contributed by atoms with Crippen LogP contribution < -0.4 is 10.6 Å². The molecule has 100 valence electrons. The van der Waals surface area contributed by atoms with E-state index in [9.17, 15) is 0 Å². The van der Waals surface area contributed by atoms with Crippen LogP contribution in [0.1, 0.15) is 6.92 Å². The quantitative estimate of drug-likeness (QED) is 0.840. The maximum atomic E-state index is 6.07. The largest absolute Gasteiger partial charge is 0.331 e. The van der Waals surface area contributed by atoms with E-state index in [1.165, 1.54) is 0 Å². The summed E-state index contributed by atoms with van der Waals surface area (Å²) in [6.45, 7) is 2.82. The number of aromatic nitrogens is 2. The maximum Gasteiger partial charge on any atom is 0.176 e. The number of thiocarbonyl (C=S) groups is 1. The molecular formula is C12H12Cl2N4S. The van der Waals surface area contributed by atoms with Gasteiger partial charge in [-0.15, -0.1) is 0 Å². The van der Waals surface area contributed by atoms with Crippen molar-refractivity contribution in [2.75, 3.05) is 10.6 Å². The van der Waals surface area contributed by atoms with Crippen LogP contribution in [0.3, 0.4) is 0 Å². The third-order valence-electron chi connectivity index (χ3n) is 2.41. The molecule has 4 nitrogen and oxygen atoms in total. The van der Waals surface area contributed by atoms with Gasteiger partial charge < -0.3 is 10.6 Å². The third-order valence-corrected chi connectivity index (χ3v) is 3.43. The van der Waals surface area contributed by atoms with Gasteiger partial charge in [-0.25, -0.2) is 0 Å². The molecule has 0 unspecified atom stereocenters. The Balaban J connectivity index is 2.03. The molecule has 1 aromatic carbocycles. The van der Waals surface area contributed by atoms with E-state index in [0.29, 0.717) is 26.7 Å². The normalized spacial score (nSPS) is 10.3. The molecule has 2 N–H and O–H groups in total. The Bertz CT molecular complexity index is 597. The van der Waals surface area contributed by atoms with E-state index in [2.05, 4.69) is 15.7 Å². The highest BCUT2D eigenvalue weighted by Gasteiger charge is 2.07. The summed E-state index contributed by atoms with van der Waals surface area (Å²) in [6.07, 6.45) is 1.87. The molecule has 0 spiro atoms. The molecule has 0 aliphatic rings. The zero-order valence-corrected chi connectivity index (χ0v) is 12.5. The van der Waals surface area contributed by atoms with E-state index < -0.39 is 0 Å². The number of aryl methyl sites for hydroxylation is 1. The number of anilines is 2. The fraction of sp³-hybridized carbons (Fsp3) is 0.167. The van der Waals surface area contributed by atoms with Gasteiger partial charge in [0.1, 0.15) is 0 Å². The summed E-state index contributed by atoms with van der Waals surface area (Å²) in [5, 5.41) is 11.6. The Hall–Kier alpha value is -1.30. The second-order valence-electron chi connectivity index (χ2n) is 3.74. The van der Waals surface area contributed by atoms with Gasteiger partial charge in [-0.3, -0.25) is 4.68 Å². The molecule has 0 saturated carbocycles. The maximum absolute atomic E-state index is 6.07. The molecule has 0 aliphatic heterocycles. The molecule has 19 heavy (non-hydrogen) atoms. The Kier molecular flexibility index (Phi) is 4.63. The molecule has 0 fully saturated rings. The Morgan fingerprint density at radius 2 is 2.11 bits per heavy atom. The molecule has 1 aromatic heterocycles. The molecule has 0 aliphatic carbocycles. The van der Waals surface area contributed by atoms with Gasteiger partial charge in [-0.1, -0.05) is 29.3 Å². The second kappa shape index (κ2) is 6.23. The highest BCUT2D eigenvalue weighted by molar-refractivity contribution is 7.80. The van der Waals surface area contributed by atoms with Gasteiger partial charge >= 0.3 is 0 Å². The molecule has 0 amide bonds. The van der Waals surface area contributed by atoms with E-state index in [1.54, 1.807) is 22.9 Å². The smallest absolute Gasteiger partial charge is 0.176 e. The van der Waals surface area contributed by atoms with E-state index in [0.717, 1.165) is 6.54 Å². The lowest BCUT2D eigenvalue weighted by molar-refractivity contribution is 0.662. The fourth-order valence-electron chi connectivity index (χ4n) is 1.47. The third kappa shape index (κ3) is 3.59. The van der Waals surface area contributed by atoms with Crippen molar-refractivity contribution in [3.05, 3.63) is 40.5 Å². The molecule has 7 heteroatoms. The van der Waals surface area contributed by atoms with Crippen LogP contribution in [-0.4, -0.2) is 14.9 Å². The number of hydrogen-bond acceptors (Lipinski definition) is 2. The molecule has 0 saturated heterocycles. The monoisotopic (exact) mass is 314 g/mol. The highest BCUT2D eigenvalue weighted by Crippen LogP contribution is 2.29. The average Bonchev–Trinajstić information content (AvgIpc) is 2.82. The molecule has 2 aromatic rings. The number of rotatable bonds is 3. The lowest BCUT2D eigenvalue weighted by Crippen LogP contribution is -2.19. The van der Waals surface area contributed by atoms with Crippen LogP contribution in [0.2, 0.25) is 10.0 Å². The van der Waals surface area contributed by atoms with Crippen LogP contribution in [0.15, 0.2) is 30.5 Å². The van der Waals surface area contributed by atoms with E-state index in [1.807, 2.05) is 19.2 Å². The van der Waals surface area contributed by atoms with Crippen molar-refractivity contribution in [1.82, 2.24) is 9.78 Å². The molecule has 0 radical (unpaired) electrons. The standard InChI is InChI=1S/C12H12Cl2N4S/c1-2-18-7-6-10(17-18)16-12(19)15-9-5-3-4-8(13)11(9)14/h3-7H,2H2,1H3,(H2,15,16,17,19). The van der Waals surface area contributed by atoms with E-state index >= 15 is 0 Å². The predicted octanol–water partition coefficient (Wildman–Crippen LogP) is 4.02. The van der Waals surface area contributed by atoms with Crippen molar-refractivity contribution in [1.29, 1.82) is 0 Å². The Morgan fingerprint density at radius 1 is 1.32 bits per heavy atom. The summed E-state index contributed by atoms with van der Waals surface area (Å²) >= 11 is 17.2. The van der Waals surface area contributed by atoms with E-state index in [4.69, 9.17) is 35.4 Å². The first-order chi connectivity index (χ1) is 9.10. The number of benzene rings is 1. The molecule has 1 heterocycles. The van der Waals surface area contributed by atoms with Gasteiger partial charge in [0.15, 0.2) is 10.9 Å². The van der Waals surface area contributed by atoms with Crippen molar-refractivity contribution in [3.8, 4) is 0 Å². The number of hydrogen-bond donors (Lipinski definition) is 2. The SMILES string of the molecule is CCn1ccc(NC(=S)Nc2cccc(Cl)c2Cl)n1. The van der Waals surface area contributed by atoms with Crippen LogP contribution in [0, 0.1) is 0 Å². The highest BCUT2D eigenvalue weighted by atomic mass is 35.5. The predicted molar refractivity (Wildman–Crippen MR) is 84.2 cm³/mol. The minimum absolute atomic E-state index is 0.408. The van der Waals surface area contributed by atoms with Crippen molar-refractivity contribution in [3.63, 3.8) is 0 Å². The summed E-state index contributed by atoms with van der Waals surface area (Å²) in [7, 11) is 0. The van der Waals surface area contributed by atoms with Crippen LogP contribution in [0.5, 0.6) is 0 Å². The first-order valence-electron chi connectivity index (χ1n) is 5.65. The number of nitrogens with one attached hydrogen (secondary N) is 2. The zero-order chi connectivity index (χ0) is 13.8. The number of halogens is 2. The summed E-state index contributed by atoms with van der Waals surface area (Å²) < 4.78 is 1.80. The fourth-order valence-corrected chi connectivity index (χ4v) is 2.04. The Morgan fingerprint density at radius 3 is 2.79 bits per heavy atom. The number of nitrogens with zero attached hydrogens (tertiary/aromatic N) is 2. The summed E-state index contributed by atoms with van der Waals surface area (Å²) in [5.41, 5.74) is 0.654. The van der Waals surface area contributed by atoms with Crippen molar-refractivity contribution in [2.45, 2.75) is 13.5 Å². The van der Waals surface area contributed by atoms with Gasteiger partial charge in [0, 0.05) is 18.8 Å². The summed E-state index contributed by atoms with van der Waals surface area (Å²) in [5.74, 6) is 0.678. The molecule has 2 rings (SSSR count). The van der Waals surface area contributed by atoms with Crippen molar-refractivity contribution in [2.24, 2.45) is 0 Å². The van der Waals surface area contributed by atoms with Crippen molar-refractivity contribution >= 4 is 52.0 Å². The Labute approximate surface area is 126 Å². The lowest BCUT2D eigenvalue weighted by Gasteiger charge is -2.10. The minimum atomic E-state index is 0.408. The first-order valence-corrected chi connectivity index (χ1v) is 6.82. The van der Waals surface area contributed by atoms with Crippen LogP contribution in [-0.2, 0) is 6.54 Å². The van der Waals surface area contributed by atoms with Gasteiger partial charge in [-0.05, 0) is 31.3 Å². The van der Waals surface area contributed by atoms with E-state index in [-0.39, 0.29) is 0 Å². The first kappa shape index (κ1) is 14.1. The van der Waals surface area contributed by atoms with Gasteiger partial charge in [0.2, 0.25) is 0 Å². The second-order valence-corrected chi connectivity index (χ2v) is 4.93. The average molecular weight is 315 g/mol. The van der Waals surface area contributed by atoms with Crippen LogP contribution in [0.4, 0.5) is 11.5 Å². The summed E-state index contributed by atoms with van der Waals surface area (Å²) in [6, 6.07) is 7.16. The van der Waals surface area contributed by atoms with Crippen molar-refractivity contribution < 1.29 is 0 Å². The van der Waals surface area contributed by atoms with Gasteiger partial charge in [-0.2, -0.15) is 5.10 Å². The summed E-state index contributed by atoms with van der Waals surface area (Å²) in [4.78, 5) is 0. The molecule has 0 atom stereocenters. The molecule has 0 bridgehead atoms.